The molecule has 0 radical (unpaired) electrons. The van der Waals surface area contributed by atoms with E-state index in [1.54, 1.807) is 24.3 Å². The third-order valence-corrected chi connectivity index (χ3v) is 1.93. The van der Waals surface area contributed by atoms with Gasteiger partial charge in [0, 0.05) is 12.1 Å². The predicted octanol–water partition coefficient (Wildman–Crippen LogP) is 1.93. The second-order valence-corrected chi connectivity index (χ2v) is 3.11. The number of ether oxygens (including phenoxy) is 2. The first-order valence-electron chi connectivity index (χ1n) is 4.12. The minimum absolute atomic E-state index is 0.210. The molecule has 1 rings (SSSR count). The number of hydrogen-bond acceptors (Lipinski definition) is 3. The molecule has 0 heterocycles. The molecule has 1 atom stereocenters. The molecule has 0 bridgehead atoms. The lowest BCUT2D eigenvalue weighted by Crippen LogP contribution is -2.21. The van der Waals surface area contributed by atoms with Crippen molar-refractivity contribution in [2.24, 2.45) is 0 Å². The summed E-state index contributed by atoms with van der Waals surface area (Å²) in [6.45, 7) is 0.210. The number of carbonyl (C=O) groups excluding carboxylic acids is 1. The van der Waals surface area contributed by atoms with Gasteiger partial charge in [0.2, 0.25) is 0 Å². The maximum absolute atomic E-state index is 10.4. The smallest absolute Gasteiger partial charge is 0.152 e. The summed E-state index contributed by atoms with van der Waals surface area (Å²) in [5, 5.41) is 0.649. The maximum atomic E-state index is 10.4. The van der Waals surface area contributed by atoms with E-state index in [-0.39, 0.29) is 6.61 Å². The fourth-order valence-corrected chi connectivity index (χ4v) is 0.998. The van der Waals surface area contributed by atoms with Crippen molar-refractivity contribution in [2.75, 3.05) is 13.7 Å². The average Bonchev–Trinajstić information content (AvgIpc) is 2.22. The van der Waals surface area contributed by atoms with E-state index in [0.717, 1.165) is 0 Å². The van der Waals surface area contributed by atoms with Crippen molar-refractivity contribution in [3.8, 4) is 5.75 Å². The minimum Gasteiger partial charge on any atom is -0.490 e. The zero-order chi connectivity index (χ0) is 10.4. The van der Waals surface area contributed by atoms with Crippen LogP contribution in [0.15, 0.2) is 24.3 Å². The van der Waals surface area contributed by atoms with Gasteiger partial charge in [0.05, 0.1) is 0 Å². The summed E-state index contributed by atoms with van der Waals surface area (Å²) < 4.78 is 10.1. The van der Waals surface area contributed by atoms with Crippen LogP contribution in [0.3, 0.4) is 0 Å². The van der Waals surface area contributed by atoms with E-state index in [9.17, 15) is 4.79 Å². The first-order chi connectivity index (χ1) is 6.76. The quantitative estimate of drug-likeness (QED) is 0.703. The van der Waals surface area contributed by atoms with E-state index in [0.29, 0.717) is 17.1 Å². The van der Waals surface area contributed by atoms with Gasteiger partial charge in [0.15, 0.2) is 6.29 Å². The molecular formula is C10H11ClO3. The second-order valence-electron chi connectivity index (χ2n) is 2.68. The summed E-state index contributed by atoms with van der Waals surface area (Å²) in [6.07, 6.45) is 0.182. The van der Waals surface area contributed by atoms with E-state index >= 15 is 0 Å². The van der Waals surface area contributed by atoms with Crippen molar-refractivity contribution >= 4 is 17.9 Å². The summed E-state index contributed by atoms with van der Waals surface area (Å²) in [4.78, 5) is 10.4. The summed E-state index contributed by atoms with van der Waals surface area (Å²) in [5.41, 5.74) is 0. The molecule has 4 heteroatoms. The van der Waals surface area contributed by atoms with Crippen LogP contribution >= 0.6 is 11.6 Å². The Hall–Kier alpha value is -1.06. The predicted molar refractivity (Wildman–Crippen MR) is 53.8 cm³/mol. The number of aldehydes is 1. The van der Waals surface area contributed by atoms with Crippen molar-refractivity contribution in [3.63, 3.8) is 0 Å². The number of hydrogen-bond donors (Lipinski definition) is 0. The van der Waals surface area contributed by atoms with Crippen LogP contribution in [0.2, 0.25) is 5.02 Å². The van der Waals surface area contributed by atoms with Crippen LogP contribution in [0.4, 0.5) is 0 Å². The molecule has 0 fully saturated rings. The normalized spacial score (nSPS) is 12.1. The molecule has 0 aliphatic carbocycles. The molecular weight excluding hydrogens is 204 g/mol. The third-order valence-electron chi connectivity index (χ3n) is 1.68. The van der Waals surface area contributed by atoms with Crippen LogP contribution in [0.1, 0.15) is 0 Å². The molecule has 1 unspecified atom stereocenters. The molecule has 76 valence electrons. The average molecular weight is 215 g/mol. The molecule has 0 N–H and O–H groups in total. The summed E-state index contributed by atoms with van der Waals surface area (Å²) in [7, 11) is 1.46. The Morgan fingerprint density at radius 3 is 2.57 bits per heavy atom. The van der Waals surface area contributed by atoms with Crippen molar-refractivity contribution < 1.29 is 14.3 Å². The Balaban J connectivity index is 2.45. The van der Waals surface area contributed by atoms with Gasteiger partial charge in [-0.1, -0.05) is 11.6 Å². The van der Waals surface area contributed by atoms with E-state index < -0.39 is 6.10 Å². The van der Waals surface area contributed by atoms with Gasteiger partial charge in [-0.2, -0.15) is 0 Å². The molecule has 0 spiro atoms. The standard InChI is InChI=1S/C10H11ClO3/c1-13-10(6-12)7-14-9-4-2-8(11)3-5-9/h2-6,10H,7H2,1H3. The molecule has 1 aromatic rings. The van der Waals surface area contributed by atoms with Gasteiger partial charge >= 0.3 is 0 Å². The van der Waals surface area contributed by atoms with E-state index in [1.165, 1.54) is 7.11 Å². The fraction of sp³-hybridized carbons (Fsp3) is 0.300. The maximum Gasteiger partial charge on any atom is 0.152 e. The molecule has 0 aliphatic heterocycles. The zero-order valence-corrected chi connectivity index (χ0v) is 8.53. The van der Waals surface area contributed by atoms with Crippen molar-refractivity contribution in [1.29, 1.82) is 0 Å². The van der Waals surface area contributed by atoms with Gasteiger partial charge in [0.25, 0.3) is 0 Å². The summed E-state index contributed by atoms with van der Waals surface area (Å²) in [6, 6.07) is 6.92. The van der Waals surface area contributed by atoms with Crippen LogP contribution in [0.5, 0.6) is 5.75 Å². The van der Waals surface area contributed by atoms with Crippen molar-refractivity contribution in [3.05, 3.63) is 29.3 Å². The number of methoxy groups -OCH3 is 1. The summed E-state index contributed by atoms with van der Waals surface area (Å²) >= 11 is 5.69. The number of benzene rings is 1. The highest BCUT2D eigenvalue weighted by molar-refractivity contribution is 6.30. The molecule has 1 aromatic carbocycles. The Labute approximate surface area is 87.6 Å². The Kier molecular flexibility index (Phi) is 4.43. The van der Waals surface area contributed by atoms with E-state index in [4.69, 9.17) is 21.1 Å². The van der Waals surface area contributed by atoms with Gasteiger partial charge < -0.3 is 14.3 Å². The highest BCUT2D eigenvalue weighted by atomic mass is 35.5. The van der Waals surface area contributed by atoms with Crippen LogP contribution in [0, 0.1) is 0 Å². The lowest BCUT2D eigenvalue weighted by molar-refractivity contribution is -0.117. The number of carbonyl (C=O) groups is 1. The van der Waals surface area contributed by atoms with Crippen LogP contribution in [0.25, 0.3) is 0 Å². The minimum atomic E-state index is -0.523. The fourth-order valence-electron chi connectivity index (χ4n) is 0.872. The molecule has 0 aliphatic rings. The van der Waals surface area contributed by atoms with E-state index in [2.05, 4.69) is 0 Å². The molecule has 0 aromatic heterocycles. The largest absolute Gasteiger partial charge is 0.490 e. The van der Waals surface area contributed by atoms with Gasteiger partial charge in [-0.15, -0.1) is 0 Å². The van der Waals surface area contributed by atoms with Crippen LogP contribution in [-0.4, -0.2) is 26.1 Å². The van der Waals surface area contributed by atoms with Gasteiger partial charge in [-0.05, 0) is 24.3 Å². The second kappa shape index (κ2) is 5.62. The topological polar surface area (TPSA) is 35.5 Å². The summed E-state index contributed by atoms with van der Waals surface area (Å²) in [5.74, 6) is 0.665. The third kappa shape index (κ3) is 3.36. The Morgan fingerprint density at radius 1 is 1.43 bits per heavy atom. The van der Waals surface area contributed by atoms with Gasteiger partial charge in [-0.25, -0.2) is 0 Å². The lowest BCUT2D eigenvalue weighted by Gasteiger charge is -2.10. The first-order valence-corrected chi connectivity index (χ1v) is 4.50. The SMILES string of the molecule is COC(C=O)COc1ccc(Cl)cc1. The number of rotatable bonds is 5. The van der Waals surface area contributed by atoms with Gasteiger partial charge in [0.1, 0.15) is 18.5 Å². The molecule has 0 saturated carbocycles. The van der Waals surface area contributed by atoms with Gasteiger partial charge in [-0.3, -0.25) is 0 Å². The monoisotopic (exact) mass is 214 g/mol. The highest BCUT2D eigenvalue weighted by Gasteiger charge is 2.05. The molecule has 0 amide bonds. The van der Waals surface area contributed by atoms with E-state index in [1.807, 2.05) is 0 Å². The highest BCUT2D eigenvalue weighted by Crippen LogP contribution is 2.15. The number of halogens is 1. The first kappa shape index (κ1) is 11.0. The lowest BCUT2D eigenvalue weighted by atomic mass is 10.3. The van der Waals surface area contributed by atoms with Crippen LogP contribution < -0.4 is 4.74 Å². The molecule has 14 heavy (non-hydrogen) atoms. The molecule has 0 saturated heterocycles. The van der Waals surface area contributed by atoms with Crippen LogP contribution in [-0.2, 0) is 9.53 Å². The van der Waals surface area contributed by atoms with Crippen molar-refractivity contribution in [2.45, 2.75) is 6.10 Å². The Morgan fingerprint density at radius 2 is 2.07 bits per heavy atom. The molecule has 3 nitrogen and oxygen atoms in total. The zero-order valence-electron chi connectivity index (χ0n) is 7.77. The Bertz CT molecular complexity index is 284. The van der Waals surface area contributed by atoms with Crippen molar-refractivity contribution in [1.82, 2.24) is 0 Å².